The number of hydrogen-bond acceptors (Lipinski definition) is 5. The van der Waals surface area contributed by atoms with Crippen LogP contribution in [0, 0.1) is 11.8 Å². The van der Waals surface area contributed by atoms with E-state index in [1.807, 2.05) is 12.3 Å². The summed E-state index contributed by atoms with van der Waals surface area (Å²) in [5, 5.41) is 11.5. The van der Waals surface area contributed by atoms with Gasteiger partial charge in [-0.05, 0) is 50.6 Å². The SMILES string of the molecule is CC1CC(N(C)CC2CC(O)C(n3ccc4c(N)ncnc43)C2)C1. The summed E-state index contributed by atoms with van der Waals surface area (Å²) in [7, 11) is 2.23. The number of aliphatic hydroxyl groups is 1. The average molecular weight is 329 g/mol. The first kappa shape index (κ1) is 15.8. The maximum Gasteiger partial charge on any atom is 0.145 e. The quantitative estimate of drug-likeness (QED) is 0.897. The molecule has 2 aromatic heterocycles. The van der Waals surface area contributed by atoms with Crippen LogP contribution in [0.25, 0.3) is 11.0 Å². The van der Waals surface area contributed by atoms with E-state index in [-0.39, 0.29) is 12.1 Å². The Kier molecular flexibility index (Phi) is 3.96. The van der Waals surface area contributed by atoms with Crippen molar-refractivity contribution in [2.24, 2.45) is 11.8 Å². The van der Waals surface area contributed by atoms with Gasteiger partial charge >= 0.3 is 0 Å². The molecule has 0 radical (unpaired) electrons. The van der Waals surface area contributed by atoms with Gasteiger partial charge in [0.1, 0.15) is 17.8 Å². The summed E-state index contributed by atoms with van der Waals surface area (Å²) in [6.07, 6.45) is 7.64. The Bertz CT molecular complexity index is 723. The van der Waals surface area contributed by atoms with Crippen LogP contribution < -0.4 is 5.73 Å². The Morgan fingerprint density at radius 2 is 2.08 bits per heavy atom. The van der Waals surface area contributed by atoms with E-state index in [0.29, 0.717) is 11.7 Å². The molecule has 0 bridgehead atoms. The van der Waals surface area contributed by atoms with Gasteiger partial charge in [-0.15, -0.1) is 0 Å². The predicted molar refractivity (Wildman–Crippen MR) is 94.5 cm³/mol. The molecule has 130 valence electrons. The van der Waals surface area contributed by atoms with Crippen molar-refractivity contribution in [1.29, 1.82) is 0 Å². The molecular weight excluding hydrogens is 302 g/mol. The fraction of sp³-hybridized carbons (Fsp3) is 0.667. The van der Waals surface area contributed by atoms with Crippen molar-refractivity contribution < 1.29 is 5.11 Å². The molecule has 24 heavy (non-hydrogen) atoms. The van der Waals surface area contributed by atoms with Gasteiger partial charge < -0.3 is 20.3 Å². The number of nitrogens with two attached hydrogens (primary N) is 1. The summed E-state index contributed by atoms with van der Waals surface area (Å²) >= 11 is 0. The number of fused-ring (bicyclic) bond motifs is 1. The standard InChI is InChI=1S/C18H27N5O/c1-11-5-13(6-11)22(2)9-12-7-15(16(24)8-12)23-4-3-14-17(19)20-10-21-18(14)23/h3-4,10-13,15-16,24H,5-9H2,1-2H3,(H2,19,20,21). The second kappa shape index (κ2) is 6.01. The molecule has 0 saturated heterocycles. The monoisotopic (exact) mass is 329 g/mol. The van der Waals surface area contributed by atoms with Crippen LogP contribution in [-0.2, 0) is 0 Å². The summed E-state index contributed by atoms with van der Waals surface area (Å²) < 4.78 is 2.09. The Morgan fingerprint density at radius 1 is 1.29 bits per heavy atom. The van der Waals surface area contributed by atoms with E-state index in [4.69, 9.17) is 5.73 Å². The Hall–Kier alpha value is -1.66. The molecule has 2 saturated carbocycles. The molecule has 2 aliphatic rings. The van der Waals surface area contributed by atoms with Crippen LogP contribution in [0.5, 0.6) is 0 Å². The number of hydrogen-bond donors (Lipinski definition) is 2. The maximum atomic E-state index is 10.6. The molecule has 2 aromatic rings. The first-order chi connectivity index (χ1) is 11.5. The molecule has 2 fully saturated rings. The predicted octanol–water partition coefficient (Wildman–Crippen LogP) is 2.06. The highest BCUT2D eigenvalue weighted by Crippen LogP contribution is 2.39. The molecule has 6 heteroatoms. The summed E-state index contributed by atoms with van der Waals surface area (Å²) in [5.41, 5.74) is 6.76. The van der Waals surface area contributed by atoms with E-state index < -0.39 is 0 Å². The van der Waals surface area contributed by atoms with E-state index >= 15 is 0 Å². The van der Waals surface area contributed by atoms with Gasteiger partial charge in [0.05, 0.1) is 17.5 Å². The van der Waals surface area contributed by atoms with Crippen molar-refractivity contribution in [2.75, 3.05) is 19.3 Å². The number of rotatable bonds is 4. The minimum Gasteiger partial charge on any atom is -0.391 e. The van der Waals surface area contributed by atoms with Crippen LogP contribution in [0.3, 0.4) is 0 Å². The molecule has 0 spiro atoms. The van der Waals surface area contributed by atoms with Crippen molar-refractivity contribution in [3.05, 3.63) is 18.6 Å². The zero-order valence-corrected chi connectivity index (χ0v) is 14.5. The zero-order valence-electron chi connectivity index (χ0n) is 14.5. The van der Waals surface area contributed by atoms with Crippen LogP contribution in [0.15, 0.2) is 18.6 Å². The normalized spacial score (nSPS) is 33.2. The highest BCUT2D eigenvalue weighted by Gasteiger charge is 2.37. The molecule has 0 aliphatic heterocycles. The van der Waals surface area contributed by atoms with Gasteiger partial charge in [-0.2, -0.15) is 0 Å². The molecule has 3 atom stereocenters. The third-order valence-corrected chi connectivity index (χ3v) is 6.01. The van der Waals surface area contributed by atoms with Crippen LogP contribution >= 0.6 is 0 Å². The summed E-state index contributed by atoms with van der Waals surface area (Å²) in [6.45, 7) is 3.39. The minimum absolute atomic E-state index is 0.0792. The molecule has 4 rings (SSSR count). The van der Waals surface area contributed by atoms with Crippen molar-refractivity contribution >= 4 is 16.9 Å². The Balaban J connectivity index is 1.47. The lowest BCUT2D eigenvalue weighted by atomic mass is 9.80. The van der Waals surface area contributed by atoms with Gasteiger partial charge in [-0.1, -0.05) is 6.92 Å². The van der Waals surface area contributed by atoms with E-state index in [2.05, 4.69) is 33.4 Å². The van der Waals surface area contributed by atoms with Crippen molar-refractivity contribution in [3.8, 4) is 0 Å². The number of aliphatic hydroxyl groups excluding tert-OH is 1. The topological polar surface area (TPSA) is 80.2 Å². The lowest BCUT2D eigenvalue weighted by molar-refractivity contribution is 0.0922. The second-order valence-electron chi connectivity index (χ2n) is 7.86. The first-order valence-electron chi connectivity index (χ1n) is 8.98. The second-order valence-corrected chi connectivity index (χ2v) is 7.86. The Morgan fingerprint density at radius 3 is 2.83 bits per heavy atom. The molecule has 3 unspecified atom stereocenters. The smallest absolute Gasteiger partial charge is 0.145 e. The van der Waals surface area contributed by atoms with Crippen molar-refractivity contribution in [3.63, 3.8) is 0 Å². The zero-order chi connectivity index (χ0) is 16.8. The van der Waals surface area contributed by atoms with Gasteiger partial charge in [0, 0.05) is 18.8 Å². The summed E-state index contributed by atoms with van der Waals surface area (Å²) in [4.78, 5) is 10.9. The largest absolute Gasteiger partial charge is 0.391 e. The number of anilines is 1. The minimum atomic E-state index is -0.324. The number of nitrogens with zero attached hydrogens (tertiary/aromatic N) is 4. The molecule has 0 aromatic carbocycles. The van der Waals surface area contributed by atoms with Crippen molar-refractivity contribution in [1.82, 2.24) is 19.4 Å². The third kappa shape index (κ3) is 2.67. The highest BCUT2D eigenvalue weighted by atomic mass is 16.3. The highest BCUT2D eigenvalue weighted by molar-refractivity contribution is 5.86. The molecule has 3 N–H and O–H groups in total. The van der Waals surface area contributed by atoms with Crippen LogP contribution in [0.2, 0.25) is 0 Å². The third-order valence-electron chi connectivity index (χ3n) is 6.01. The fourth-order valence-corrected chi connectivity index (χ4v) is 4.58. The van der Waals surface area contributed by atoms with E-state index in [1.54, 1.807) is 0 Å². The van der Waals surface area contributed by atoms with Gasteiger partial charge in [0.2, 0.25) is 0 Å². The summed E-state index contributed by atoms with van der Waals surface area (Å²) in [5.74, 6) is 1.90. The molecule has 2 heterocycles. The van der Waals surface area contributed by atoms with E-state index in [0.717, 1.165) is 42.4 Å². The maximum absolute atomic E-state index is 10.6. The lowest BCUT2D eigenvalue weighted by Crippen LogP contribution is -2.43. The van der Waals surface area contributed by atoms with Gasteiger partial charge in [-0.25, -0.2) is 9.97 Å². The fourth-order valence-electron chi connectivity index (χ4n) is 4.58. The summed E-state index contributed by atoms with van der Waals surface area (Å²) in [6, 6.07) is 2.76. The van der Waals surface area contributed by atoms with Gasteiger partial charge in [-0.3, -0.25) is 0 Å². The molecular formula is C18H27N5O. The van der Waals surface area contributed by atoms with Crippen molar-refractivity contribution in [2.45, 2.75) is 50.8 Å². The average Bonchev–Trinajstić information content (AvgIpc) is 3.08. The number of aromatic nitrogens is 3. The van der Waals surface area contributed by atoms with Gasteiger partial charge in [0.25, 0.3) is 0 Å². The van der Waals surface area contributed by atoms with Crippen LogP contribution in [0.4, 0.5) is 5.82 Å². The molecule has 2 aliphatic carbocycles. The molecule has 0 amide bonds. The van der Waals surface area contributed by atoms with E-state index in [1.165, 1.54) is 19.2 Å². The van der Waals surface area contributed by atoms with Crippen LogP contribution in [0.1, 0.15) is 38.6 Å². The first-order valence-corrected chi connectivity index (χ1v) is 8.98. The lowest BCUT2D eigenvalue weighted by Gasteiger charge is -2.40. The van der Waals surface area contributed by atoms with Crippen LogP contribution in [-0.4, -0.2) is 50.3 Å². The van der Waals surface area contributed by atoms with Gasteiger partial charge in [0.15, 0.2) is 0 Å². The number of nitrogen functional groups attached to an aromatic ring is 1. The van der Waals surface area contributed by atoms with E-state index in [9.17, 15) is 5.11 Å². The Labute approximate surface area is 142 Å². The molecule has 6 nitrogen and oxygen atoms in total.